The molecular weight excluding hydrogens is 360 g/mol. The van der Waals surface area contributed by atoms with Crippen LogP contribution in [0.2, 0.25) is 0 Å². The number of aryl methyl sites for hydroxylation is 1. The number of rotatable bonds is 4. The third-order valence-corrected chi connectivity index (χ3v) is 4.66. The molecule has 3 heterocycles. The molecule has 0 spiro atoms. The molecule has 0 atom stereocenters. The first-order chi connectivity index (χ1) is 13.6. The molecule has 1 aliphatic heterocycles. The quantitative estimate of drug-likeness (QED) is 0.646. The first-order valence-corrected chi connectivity index (χ1v) is 9.14. The van der Waals surface area contributed by atoms with Crippen molar-refractivity contribution in [2.24, 2.45) is 0 Å². The van der Waals surface area contributed by atoms with E-state index in [4.69, 9.17) is 9.26 Å². The van der Waals surface area contributed by atoms with Gasteiger partial charge in [-0.1, -0.05) is 23.4 Å². The number of nitrogens with zero attached hydrogens (tertiary/aromatic N) is 4. The minimum atomic E-state index is -0.486. The Hall–Kier alpha value is -3.42. The molecule has 8 heteroatoms. The van der Waals surface area contributed by atoms with Crippen molar-refractivity contribution in [3.8, 4) is 5.69 Å². The van der Waals surface area contributed by atoms with Gasteiger partial charge in [0.2, 0.25) is 0 Å². The van der Waals surface area contributed by atoms with Gasteiger partial charge in [0.05, 0.1) is 24.5 Å². The summed E-state index contributed by atoms with van der Waals surface area (Å²) in [6.45, 7) is 4.51. The van der Waals surface area contributed by atoms with Crippen molar-refractivity contribution >= 4 is 11.9 Å². The van der Waals surface area contributed by atoms with Crippen molar-refractivity contribution < 1.29 is 18.8 Å². The lowest BCUT2D eigenvalue weighted by molar-refractivity contribution is 0.0513. The number of fused-ring (bicyclic) bond motifs is 1. The van der Waals surface area contributed by atoms with Gasteiger partial charge in [-0.15, -0.1) is 0 Å². The van der Waals surface area contributed by atoms with E-state index in [1.807, 2.05) is 30.3 Å². The Bertz CT molecular complexity index is 1020. The van der Waals surface area contributed by atoms with Crippen molar-refractivity contribution in [2.45, 2.75) is 26.8 Å². The zero-order valence-electron chi connectivity index (χ0n) is 15.7. The van der Waals surface area contributed by atoms with E-state index in [9.17, 15) is 9.59 Å². The van der Waals surface area contributed by atoms with E-state index in [0.717, 1.165) is 11.4 Å². The lowest BCUT2D eigenvalue weighted by Crippen LogP contribution is -2.37. The molecule has 1 amide bonds. The summed E-state index contributed by atoms with van der Waals surface area (Å²) in [6, 6.07) is 11.2. The lowest BCUT2D eigenvalue weighted by atomic mass is 10.0. The van der Waals surface area contributed by atoms with Gasteiger partial charge in [-0.05, 0) is 26.0 Å². The maximum absolute atomic E-state index is 12.8. The van der Waals surface area contributed by atoms with Crippen LogP contribution in [0.1, 0.15) is 44.9 Å². The highest BCUT2D eigenvalue weighted by molar-refractivity contribution is 5.93. The average Bonchev–Trinajstić information content (AvgIpc) is 3.31. The fourth-order valence-corrected chi connectivity index (χ4v) is 3.37. The highest BCUT2D eigenvalue weighted by Crippen LogP contribution is 2.27. The second-order valence-electron chi connectivity index (χ2n) is 6.54. The van der Waals surface area contributed by atoms with Crippen LogP contribution in [-0.2, 0) is 17.7 Å². The van der Waals surface area contributed by atoms with Crippen LogP contribution in [0.3, 0.4) is 0 Å². The number of amides is 1. The molecule has 2 aromatic heterocycles. The van der Waals surface area contributed by atoms with Gasteiger partial charge in [0.25, 0.3) is 5.91 Å². The average molecular weight is 380 g/mol. The fourth-order valence-electron chi connectivity index (χ4n) is 3.37. The van der Waals surface area contributed by atoms with Gasteiger partial charge in [-0.3, -0.25) is 4.79 Å². The van der Waals surface area contributed by atoms with Gasteiger partial charge in [-0.25, -0.2) is 9.48 Å². The van der Waals surface area contributed by atoms with E-state index in [1.165, 1.54) is 0 Å². The normalized spacial score (nSPS) is 13.3. The van der Waals surface area contributed by atoms with Gasteiger partial charge < -0.3 is 14.2 Å². The van der Waals surface area contributed by atoms with Crippen LogP contribution < -0.4 is 0 Å². The molecule has 0 N–H and O–H groups in total. The fraction of sp³-hybridized carbons (Fsp3) is 0.300. The van der Waals surface area contributed by atoms with Gasteiger partial charge in [0.1, 0.15) is 5.76 Å². The predicted octanol–water partition coefficient (Wildman–Crippen LogP) is 2.54. The summed E-state index contributed by atoms with van der Waals surface area (Å²) < 4.78 is 12.0. The Morgan fingerprint density at radius 3 is 2.71 bits per heavy atom. The van der Waals surface area contributed by atoms with Gasteiger partial charge in [-0.2, -0.15) is 5.10 Å². The Morgan fingerprint density at radius 1 is 1.25 bits per heavy atom. The van der Waals surface area contributed by atoms with Crippen LogP contribution in [-0.4, -0.2) is 44.9 Å². The largest absolute Gasteiger partial charge is 0.461 e. The van der Waals surface area contributed by atoms with E-state index in [2.05, 4.69) is 10.3 Å². The van der Waals surface area contributed by atoms with Crippen LogP contribution in [0.4, 0.5) is 0 Å². The molecule has 0 aliphatic carbocycles. The molecule has 1 aromatic carbocycles. The molecule has 1 aliphatic rings. The summed E-state index contributed by atoms with van der Waals surface area (Å²) in [6.07, 6.45) is 0.569. The third kappa shape index (κ3) is 3.17. The maximum Gasteiger partial charge on any atom is 0.359 e. The van der Waals surface area contributed by atoms with Gasteiger partial charge in [0.15, 0.2) is 11.4 Å². The Labute approximate surface area is 161 Å². The van der Waals surface area contributed by atoms with E-state index in [0.29, 0.717) is 24.3 Å². The van der Waals surface area contributed by atoms with Gasteiger partial charge >= 0.3 is 5.97 Å². The van der Waals surface area contributed by atoms with E-state index >= 15 is 0 Å². The number of carbonyl (C=O) groups is 2. The SMILES string of the molecule is CCOC(=O)c1nn(-c2ccccc2)c2c1CN(C(=O)c1cc(C)on1)CC2. The molecule has 0 saturated carbocycles. The molecule has 144 valence electrons. The predicted molar refractivity (Wildman–Crippen MR) is 99.2 cm³/mol. The maximum atomic E-state index is 12.8. The molecule has 4 rings (SSSR count). The number of esters is 1. The lowest BCUT2D eigenvalue weighted by Gasteiger charge is -2.27. The summed E-state index contributed by atoms with van der Waals surface area (Å²) in [7, 11) is 0. The topological polar surface area (TPSA) is 90.5 Å². The number of benzene rings is 1. The van der Waals surface area contributed by atoms with Crippen molar-refractivity contribution in [3.05, 3.63) is 64.8 Å². The highest BCUT2D eigenvalue weighted by Gasteiger charge is 2.32. The first kappa shape index (κ1) is 18.0. The zero-order chi connectivity index (χ0) is 19.7. The summed E-state index contributed by atoms with van der Waals surface area (Å²) in [4.78, 5) is 26.9. The Balaban J connectivity index is 1.72. The molecule has 28 heavy (non-hydrogen) atoms. The summed E-state index contributed by atoms with van der Waals surface area (Å²) in [5.41, 5.74) is 2.99. The number of ether oxygens (including phenoxy) is 1. The van der Waals surface area contributed by atoms with Crippen molar-refractivity contribution in [2.75, 3.05) is 13.2 Å². The number of carbonyl (C=O) groups excluding carboxylic acids is 2. The van der Waals surface area contributed by atoms with Crippen LogP contribution in [0.5, 0.6) is 0 Å². The van der Waals surface area contributed by atoms with Crippen molar-refractivity contribution in [3.63, 3.8) is 0 Å². The molecule has 0 fully saturated rings. The second-order valence-corrected chi connectivity index (χ2v) is 6.54. The van der Waals surface area contributed by atoms with Crippen LogP contribution in [0, 0.1) is 6.92 Å². The Morgan fingerprint density at radius 2 is 2.04 bits per heavy atom. The highest BCUT2D eigenvalue weighted by atomic mass is 16.5. The van der Waals surface area contributed by atoms with Gasteiger partial charge in [0, 0.05) is 24.6 Å². The van der Waals surface area contributed by atoms with Crippen LogP contribution >= 0.6 is 0 Å². The van der Waals surface area contributed by atoms with Crippen LogP contribution in [0.15, 0.2) is 40.9 Å². The monoisotopic (exact) mass is 380 g/mol. The minimum absolute atomic E-state index is 0.232. The molecule has 0 radical (unpaired) electrons. The molecule has 3 aromatic rings. The van der Waals surface area contributed by atoms with E-state index < -0.39 is 5.97 Å². The Kier molecular flexibility index (Phi) is 4.68. The number of hydrogen-bond acceptors (Lipinski definition) is 6. The summed E-state index contributed by atoms with van der Waals surface area (Å²) >= 11 is 0. The second kappa shape index (κ2) is 7.30. The van der Waals surface area contributed by atoms with Crippen molar-refractivity contribution in [1.29, 1.82) is 0 Å². The first-order valence-electron chi connectivity index (χ1n) is 9.14. The number of hydrogen-bond donors (Lipinski definition) is 0. The molecule has 0 bridgehead atoms. The number of aromatic nitrogens is 3. The zero-order valence-corrected chi connectivity index (χ0v) is 15.7. The standard InChI is InChI=1S/C20H20N4O4/c1-3-27-20(26)18-15-12-23(19(25)16-11-13(2)28-22-16)10-9-17(15)24(21-18)14-7-5-4-6-8-14/h4-8,11H,3,9-10,12H2,1-2H3. The van der Waals surface area contributed by atoms with Crippen molar-refractivity contribution in [1.82, 2.24) is 19.8 Å². The van der Waals surface area contributed by atoms with E-state index in [1.54, 1.807) is 29.5 Å². The summed E-state index contributed by atoms with van der Waals surface area (Å²) in [5, 5.41) is 8.33. The minimum Gasteiger partial charge on any atom is -0.461 e. The number of para-hydroxylation sites is 1. The molecule has 8 nitrogen and oxygen atoms in total. The van der Waals surface area contributed by atoms with E-state index in [-0.39, 0.29) is 30.4 Å². The summed E-state index contributed by atoms with van der Waals surface area (Å²) in [5.74, 6) is -0.144. The van der Waals surface area contributed by atoms with Crippen LogP contribution in [0.25, 0.3) is 5.69 Å². The smallest absolute Gasteiger partial charge is 0.359 e. The molecular formula is C20H20N4O4. The molecule has 0 saturated heterocycles. The molecule has 0 unspecified atom stereocenters. The third-order valence-electron chi connectivity index (χ3n) is 4.66.